The van der Waals surface area contributed by atoms with Gasteiger partial charge in [-0.3, -0.25) is 9.45 Å². The first-order valence-electron chi connectivity index (χ1n) is 8.24. The Kier molecular flexibility index (Phi) is 6.99. The molecule has 1 heterocycles. The third kappa shape index (κ3) is 4.96. The van der Waals surface area contributed by atoms with E-state index >= 15 is 0 Å². The highest BCUT2D eigenvalue weighted by molar-refractivity contribution is 8.06. The molecule has 1 aliphatic heterocycles. The molecule has 0 amide bonds. The molecule has 2 rings (SSSR count). The SMILES string of the molecule is COC(C)Oc1ccc(CN2CCN(S(=O)(=O)C(F)(F)S(=O)(=O)O)CC2)cc1. The Morgan fingerprint density at radius 3 is 2.11 bits per heavy atom. The normalized spacial score (nSPS) is 18.8. The minimum Gasteiger partial charge on any atom is -0.465 e. The van der Waals surface area contributed by atoms with E-state index in [0.29, 0.717) is 16.6 Å². The first-order valence-corrected chi connectivity index (χ1v) is 11.1. The van der Waals surface area contributed by atoms with Crippen molar-refractivity contribution in [3.05, 3.63) is 29.8 Å². The van der Waals surface area contributed by atoms with Crippen LogP contribution >= 0.6 is 0 Å². The van der Waals surface area contributed by atoms with Gasteiger partial charge < -0.3 is 9.47 Å². The molecule has 13 heteroatoms. The first-order chi connectivity index (χ1) is 12.9. The quantitative estimate of drug-likeness (QED) is 0.466. The molecule has 0 aromatic heterocycles. The summed E-state index contributed by atoms with van der Waals surface area (Å²) in [4.78, 5) is 1.84. The van der Waals surface area contributed by atoms with E-state index < -0.39 is 31.0 Å². The summed E-state index contributed by atoms with van der Waals surface area (Å²) in [7, 11) is -10.1. The minimum atomic E-state index is -6.08. The lowest BCUT2D eigenvalue weighted by Gasteiger charge is -2.34. The van der Waals surface area contributed by atoms with E-state index in [4.69, 9.17) is 14.0 Å². The molecule has 0 bridgehead atoms. The Morgan fingerprint density at radius 2 is 1.64 bits per heavy atom. The van der Waals surface area contributed by atoms with Crippen molar-refractivity contribution < 1.29 is 39.6 Å². The van der Waals surface area contributed by atoms with Gasteiger partial charge >= 0.3 is 14.7 Å². The van der Waals surface area contributed by atoms with E-state index in [9.17, 15) is 25.6 Å². The van der Waals surface area contributed by atoms with Gasteiger partial charge in [0, 0.05) is 39.8 Å². The molecule has 9 nitrogen and oxygen atoms in total. The topological polar surface area (TPSA) is 113 Å². The molecular formula is C15H22F2N2O7S2. The van der Waals surface area contributed by atoms with Crippen LogP contribution in [0, 0.1) is 0 Å². The molecule has 1 N–H and O–H groups in total. The molecule has 0 saturated carbocycles. The summed E-state index contributed by atoms with van der Waals surface area (Å²) >= 11 is 0. The number of piperazine rings is 1. The molecule has 1 fully saturated rings. The zero-order chi connectivity index (χ0) is 21.2. The van der Waals surface area contributed by atoms with Crippen LogP contribution in [0.3, 0.4) is 0 Å². The van der Waals surface area contributed by atoms with Crippen LogP contribution in [0.25, 0.3) is 0 Å². The Labute approximate surface area is 162 Å². The van der Waals surface area contributed by atoms with Crippen LogP contribution in [-0.4, -0.2) is 74.8 Å². The maximum Gasteiger partial charge on any atom is 0.484 e. The predicted molar refractivity (Wildman–Crippen MR) is 95.8 cm³/mol. The number of rotatable bonds is 8. The van der Waals surface area contributed by atoms with Gasteiger partial charge in [-0.1, -0.05) is 12.1 Å². The maximum absolute atomic E-state index is 13.6. The van der Waals surface area contributed by atoms with E-state index in [0.717, 1.165) is 5.56 Å². The highest BCUT2D eigenvalue weighted by atomic mass is 32.3. The molecular weight excluding hydrogens is 422 g/mol. The fourth-order valence-corrected chi connectivity index (χ4v) is 4.91. The van der Waals surface area contributed by atoms with Crippen molar-refractivity contribution in [3.63, 3.8) is 0 Å². The van der Waals surface area contributed by atoms with Crippen molar-refractivity contribution in [2.24, 2.45) is 0 Å². The van der Waals surface area contributed by atoms with Crippen molar-refractivity contribution in [1.29, 1.82) is 0 Å². The lowest BCUT2D eigenvalue weighted by atomic mass is 10.2. The molecule has 1 aromatic rings. The fourth-order valence-electron chi connectivity index (χ4n) is 2.58. The molecule has 0 aliphatic carbocycles. The minimum absolute atomic E-state index is 0.125. The Bertz CT molecular complexity index is 868. The van der Waals surface area contributed by atoms with Crippen LogP contribution in [-0.2, 0) is 31.4 Å². The molecule has 1 aromatic carbocycles. The van der Waals surface area contributed by atoms with Gasteiger partial charge in [0.2, 0.25) is 0 Å². The summed E-state index contributed by atoms with van der Waals surface area (Å²) in [6.45, 7) is 1.80. The molecule has 1 saturated heterocycles. The van der Waals surface area contributed by atoms with E-state index in [1.807, 2.05) is 17.0 Å². The van der Waals surface area contributed by atoms with Gasteiger partial charge in [0.05, 0.1) is 0 Å². The number of halogens is 2. The number of ether oxygens (including phenoxy) is 2. The van der Waals surface area contributed by atoms with E-state index in [1.54, 1.807) is 19.1 Å². The molecule has 1 unspecified atom stereocenters. The monoisotopic (exact) mass is 444 g/mol. The summed E-state index contributed by atoms with van der Waals surface area (Å²) in [6, 6.07) is 7.12. The van der Waals surface area contributed by atoms with Crippen LogP contribution in [0.2, 0.25) is 0 Å². The van der Waals surface area contributed by atoms with Crippen LogP contribution in [0.5, 0.6) is 5.75 Å². The van der Waals surface area contributed by atoms with Gasteiger partial charge in [0.15, 0.2) is 6.29 Å². The summed E-state index contributed by atoms with van der Waals surface area (Å²) in [5, 5.41) is 0. The van der Waals surface area contributed by atoms with Crippen molar-refractivity contribution in [2.45, 2.75) is 24.3 Å². The number of nitrogens with zero attached hydrogens (tertiary/aromatic N) is 2. The van der Waals surface area contributed by atoms with E-state index in [2.05, 4.69) is 0 Å². The number of sulfonamides is 1. The van der Waals surface area contributed by atoms with Crippen LogP contribution in [0.1, 0.15) is 12.5 Å². The second kappa shape index (κ2) is 8.55. The molecule has 0 radical (unpaired) electrons. The van der Waals surface area contributed by atoms with E-state index in [-0.39, 0.29) is 26.2 Å². The lowest BCUT2D eigenvalue weighted by Crippen LogP contribution is -2.54. The Balaban J connectivity index is 1.95. The molecule has 1 atom stereocenters. The molecule has 1 aliphatic rings. The van der Waals surface area contributed by atoms with Crippen molar-refractivity contribution >= 4 is 20.1 Å². The zero-order valence-electron chi connectivity index (χ0n) is 15.3. The molecule has 28 heavy (non-hydrogen) atoms. The number of hydrogen-bond donors (Lipinski definition) is 1. The van der Waals surface area contributed by atoms with Gasteiger partial charge in [0.25, 0.3) is 10.0 Å². The zero-order valence-corrected chi connectivity index (χ0v) is 16.9. The van der Waals surface area contributed by atoms with Gasteiger partial charge in [-0.2, -0.15) is 21.5 Å². The van der Waals surface area contributed by atoms with Crippen LogP contribution in [0.4, 0.5) is 8.78 Å². The predicted octanol–water partition coefficient (Wildman–Crippen LogP) is 0.943. The van der Waals surface area contributed by atoms with Gasteiger partial charge in [-0.05, 0) is 24.6 Å². The number of hydrogen-bond acceptors (Lipinski definition) is 7. The highest BCUT2D eigenvalue weighted by Crippen LogP contribution is 2.31. The fraction of sp³-hybridized carbons (Fsp3) is 0.600. The Hall–Kier alpha value is -1.38. The van der Waals surface area contributed by atoms with Crippen molar-refractivity contribution in [1.82, 2.24) is 9.21 Å². The van der Waals surface area contributed by atoms with Crippen molar-refractivity contribution in [2.75, 3.05) is 33.3 Å². The second-order valence-electron chi connectivity index (χ2n) is 6.18. The smallest absolute Gasteiger partial charge is 0.465 e. The lowest BCUT2D eigenvalue weighted by molar-refractivity contribution is -0.0382. The highest BCUT2D eigenvalue weighted by Gasteiger charge is 2.60. The first kappa shape index (κ1) is 22.9. The maximum atomic E-state index is 13.6. The summed E-state index contributed by atoms with van der Waals surface area (Å²) in [5.74, 6) is 0.612. The molecule has 160 valence electrons. The third-order valence-electron chi connectivity index (χ3n) is 4.24. The average Bonchev–Trinajstić information content (AvgIpc) is 2.62. The number of benzene rings is 1. The van der Waals surface area contributed by atoms with Crippen LogP contribution < -0.4 is 4.74 Å². The summed E-state index contributed by atoms with van der Waals surface area (Å²) in [5.41, 5.74) is 0.900. The average molecular weight is 444 g/mol. The summed E-state index contributed by atoms with van der Waals surface area (Å²) < 4.78 is 86.5. The van der Waals surface area contributed by atoms with Crippen molar-refractivity contribution in [3.8, 4) is 5.75 Å². The van der Waals surface area contributed by atoms with E-state index in [1.165, 1.54) is 7.11 Å². The third-order valence-corrected chi connectivity index (χ3v) is 7.75. The Morgan fingerprint density at radius 1 is 1.11 bits per heavy atom. The number of methoxy groups -OCH3 is 1. The number of alkyl halides is 2. The van der Waals surface area contributed by atoms with Crippen LogP contribution in [0.15, 0.2) is 24.3 Å². The second-order valence-corrected chi connectivity index (χ2v) is 9.88. The largest absolute Gasteiger partial charge is 0.484 e. The van der Waals surface area contributed by atoms with Gasteiger partial charge in [-0.25, -0.2) is 8.42 Å². The van der Waals surface area contributed by atoms with Gasteiger partial charge in [-0.15, -0.1) is 0 Å². The van der Waals surface area contributed by atoms with Gasteiger partial charge in [0.1, 0.15) is 5.75 Å². The molecule has 0 spiro atoms. The standard InChI is InChI=1S/C15H22F2N2O7S2/c1-12(25-2)26-14-5-3-13(4-6-14)11-18-7-9-19(10-8-18)27(20,21)15(16,17)28(22,23)24/h3-6,12H,7-11H2,1-2H3,(H,22,23,24). The summed E-state index contributed by atoms with van der Waals surface area (Å²) in [6.07, 6.45) is -0.401.